The van der Waals surface area contributed by atoms with Gasteiger partial charge in [-0.1, -0.05) is 24.3 Å². The first-order valence-corrected chi connectivity index (χ1v) is 4.07. The number of hydrogen-bond acceptors (Lipinski definition) is 2. The number of hydrogen-bond donors (Lipinski definition) is 0. The van der Waals surface area contributed by atoms with Crippen LogP contribution >= 0.6 is 0 Å². The Morgan fingerprint density at radius 3 is 2.36 bits per heavy atom. The lowest BCUT2D eigenvalue weighted by atomic mass is 10.2. The number of rotatable bonds is 3. The molecule has 0 aromatic heterocycles. The molecule has 11 heavy (non-hydrogen) atoms. The first kappa shape index (κ1) is 8.01. The van der Waals surface area contributed by atoms with E-state index in [1.54, 1.807) is 24.3 Å². The summed E-state index contributed by atoms with van der Waals surface area (Å²) in [6.07, 6.45) is 0.786. The van der Waals surface area contributed by atoms with Crippen molar-refractivity contribution in [2.45, 2.75) is 5.75 Å². The number of carbonyl (C=O) groups is 1. The van der Waals surface area contributed by atoms with Gasteiger partial charge in [0.05, 0.1) is 0 Å². The van der Waals surface area contributed by atoms with Gasteiger partial charge in [-0.15, -0.1) is 0 Å². The van der Waals surface area contributed by atoms with Gasteiger partial charge in [-0.25, -0.2) is 0 Å². The van der Waals surface area contributed by atoms with Crippen LogP contribution in [0.25, 0.3) is 0 Å². The maximum Gasteiger partial charge on any atom is 0.463 e. The first-order chi connectivity index (χ1) is 5.36. The molecule has 0 saturated carbocycles. The van der Waals surface area contributed by atoms with E-state index >= 15 is 0 Å². The van der Waals surface area contributed by atoms with E-state index in [9.17, 15) is 9.00 Å². The summed E-state index contributed by atoms with van der Waals surface area (Å²) in [7, 11) is 0. The van der Waals surface area contributed by atoms with Gasteiger partial charge in [0.2, 0.25) is 0 Å². The summed E-state index contributed by atoms with van der Waals surface area (Å²) in [5.74, 6) is 0.457. The van der Waals surface area contributed by atoms with Crippen molar-refractivity contribution in [1.82, 2.24) is 0 Å². The van der Waals surface area contributed by atoms with Crippen LogP contribution in [0, 0.1) is 0 Å². The Balaban J connectivity index is 2.81. The topological polar surface area (TPSA) is 34.1 Å². The monoisotopic (exact) mass is 167 g/mol. The molecular formula is C8H7O2S+. The Labute approximate surface area is 68.7 Å². The minimum absolute atomic E-state index is 0.457. The molecule has 0 atom stereocenters. The molecule has 1 aromatic rings. The van der Waals surface area contributed by atoms with Crippen LogP contribution in [-0.2, 0) is 21.6 Å². The Bertz CT molecular complexity index is 253. The highest BCUT2D eigenvalue weighted by Gasteiger charge is 2.00. The molecule has 0 amide bonds. The molecule has 0 heterocycles. The van der Waals surface area contributed by atoms with E-state index in [4.69, 9.17) is 0 Å². The number of benzene rings is 1. The van der Waals surface area contributed by atoms with Crippen LogP contribution in [0.15, 0.2) is 24.3 Å². The molecule has 1 rings (SSSR count). The van der Waals surface area contributed by atoms with Crippen molar-refractivity contribution in [3.63, 3.8) is 0 Å². The third kappa shape index (κ3) is 2.20. The van der Waals surface area contributed by atoms with E-state index < -0.39 is 0 Å². The highest BCUT2D eigenvalue weighted by molar-refractivity contribution is 7.64. The molecule has 0 aliphatic carbocycles. The first-order valence-electron chi connectivity index (χ1n) is 3.15. The van der Waals surface area contributed by atoms with E-state index in [1.807, 2.05) is 0 Å². The van der Waals surface area contributed by atoms with Gasteiger partial charge in [0.25, 0.3) is 5.75 Å². The van der Waals surface area contributed by atoms with E-state index in [1.165, 1.54) is 0 Å². The smallest absolute Gasteiger partial charge is 0.298 e. The van der Waals surface area contributed by atoms with Crippen molar-refractivity contribution >= 4 is 18.0 Å². The standard InChI is InChI=1S/C8H7O2S/c9-5-7-1-3-8(4-2-7)6-11-10/h1-5H,6H2/q+1. The largest absolute Gasteiger partial charge is 0.463 e. The van der Waals surface area contributed by atoms with Gasteiger partial charge in [-0.05, 0) is 0 Å². The Morgan fingerprint density at radius 2 is 1.91 bits per heavy atom. The summed E-state index contributed by atoms with van der Waals surface area (Å²) in [4.78, 5) is 10.2. The lowest BCUT2D eigenvalue weighted by Crippen LogP contribution is -1.83. The molecule has 0 unspecified atom stereocenters. The van der Waals surface area contributed by atoms with E-state index in [0.717, 1.165) is 11.8 Å². The lowest BCUT2D eigenvalue weighted by molar-refractivity contribution is 0.112. The zero-order valence-corrected chi connectivity index (χ0v) is 6.64. The van der Waals surface area contributed by atoms with Gasteiger partial charge in [0.1, 0.15) is 6.29 Å². The van der Waals surface area contributed by atoms with Gasteiger partial charge in [-0.2, -0.15) is 0 Å². The molecule has 56 valence electrons. The second kappa shape index (κ2) is 3.93. The van der Waals surface area contributed by atoms with E-state index in [2.05, 4.69) is 0 Å². The third-order valence-electron chi connectivity index (χ3n) is 1.34. The molecule has 0 radical (unpaired) electrons. The van der Waals surface area contributed by atoms with Crippen molar-refractivity contribution in [1.29, 1.82) is 0 Å². The van der Waals surface area contributed by atoms with Gasteiger partial charge < -0.3 is 0 Å². The summed E-state index contributed by atoms with van der Waals surface area (Å²) in [5, 5.41) is 0. The quantitative estimate of drug-likeness (QED) is 0.504. The van der Waals surface area contributed by atoms with Crippen molar-refractivity contribution in [2.75, 3.05) is 0 Å². The molecule has 0 aliphatic heterocycles. The molecule has 0 aliphatic rings. The molecular weight excluding hydrogens is 160 g/mol. The Kier molecular flexibility index (Phi) is 2.86. The molecule has 1 aromatic carbocycles. The minimum atomic E-state index is 0.457. The summed E-state index contributed by atoms with van der Waals surface area (Å²) < 4.78 is 10.1. The fourth-order valence-electron chi connectivity index (χ4n) is 0.760. The van der Waals surface area contributed by atoms with Gasteiger partial charge in [0, 0.05) is 15.3 Å². The Morgan fingerprint density at radius 1 is 1.27 bits per heavy atom. The average Bonchev–Trinajstić information content (AvgIpc) is 2.07. The van der Waals surface area contributed by atoms with E-state index in [-0.39, 0.29) is 0 Å². The maximum absolute atomic E-state index is 10.2. The second-order valence-corrected chi connectivity index (χ2v) is 2.65. The van der Waals surface area contributed by atoms with Crippen LogP contribution in [0.2, 0.25) is 0 Å². The van der Waals surface area contributed by atoms with Gasteiger partial charge in [0.15, 0.2) is 0 Å². The zero-order valence-electron chi connectivity index (χ0n) is 5.82. The minimum Gasteiger partial charge on any atom is -0.298 e. The molecule has 2 nitrogen and oxygen atoms in total. The van der Waals surface area contributed by atoms with E-state index in [0.29, 0.717) is 23.0 Å². The highest BCUT2D eigenvalue weighted by Crippen LogP contribution is 2.02. The molecule has 0 spiro atoms. The van der Waals surface area contributed by atoms with Crippen molar-refractivity contribution < 1.29 is 9.00 Å². The molecule has 0 bridgehead atoms. The van der Waals surface area contributed by atoms with Crippen LogP contribution in [0.4, 0.5) is 0 Å². The van der Waals surface area contributed by atoms with Crippen LogP contribution in [-0.4, -0.2) is 6.29 Å². The van der Waals surface area contributed by atoms with Crippen molar-refractivity contribution in [3.05, 3.63) is 35.4 Å². The van der Waals surface area contributed by atoms with Crippen LogP contribution in [0.3, 0.4) is 0 Å². The van der Waals surface area contributed by atoms with Crippen LogP contribution in [0.5, 0.6) is 0 Å². The van der Waals surface area contributed by atoms with Crippen molar-refractivity contribution in [3.8, 4) is 0 Å². The predicted molar refractivity (Wildman–Crippen MR) is 43.6 cm³/mol. The predicted octanol–water partition coefficient (Wildman–Crippen LogP) is 1.43. The summed E-state index contributed by atoms with van der Waals surface area (Å²) in [6.45, 7) is 0. The maximum atomic E-state index is 10.2. The average molecular weight is 167 g/mol. The number of aldehydes is 1. The van der Waals surface area contributed by atoms with Gasteiger partial charge in [-0.3, -0.25) is 4.79 Å². The zero-order chi connectivity index (χ0) is 8.10. The highest BCUT2D eigenvalue weighted by atomic mass is 32.1. The molecule has 3 heteroatoms. The molecule has 0 saturated heterocycles. The van der Waals surface area contributed by atoms with Gasteiger partial charge >= 0.3 is 11.7 Å². The summed E-state index contributed by atoms with van der Waals surface area (Å²) >= 11 is 0.530. The molecule has 0 fully saturated rings. The van der Waals surface area contributed by atoms with Crippen molar-refractivity contribution in [2.24, 2.45) is 0 Å². The normalized spacial score (nSPS) is 9.09. The fourth-order valence-corrected chi connectivity index (χ4v) is 1.09. The second-order valence-electron chi connectivity index (χ2n) is 2.12. The Hall–Kier alpha value is -1.09. The molecule has 0 N–H and O–H groups in total. The SMILES string of the molecule is O=Cc1ccc(C[S+]=O)cc1. The summed E-state index contributed by atoms with van der Waals surface area (Å²) in [5.41, 5.74) is 1.60. The fraction of sp³-hybridized carbons (Fsp3) is 0.125. The van der Waals surface area contributed by atoms with Crippen LogP contribution < -0.4 is 0 Å². The van der Waals surface area contributed by atoms with Crippen LogP contribution in [0.1, 0.15) is 15.9 Å². The summed E-state index contributed by atoms with van der Waals surface area (Å²) in [6, 6.07) is 6.99. The lowest BCUT2D eigenvalue weighted by Gasteiger charge is -1.89. The third-order valence-corrected chi connectivity index (χ3v) is 1.79. The number of carbonyl (C=O) groups excluding carboxylic acids is 1.